The molecule has 0 spiro atoms. The number of ether oxygens (including phenoxy) is 1. The van der Waals surface area contributed by atoms with Crippen molar-refractivity contribution in [2.75, 3.05) is 6.61 Å². The Morgan fingerprint density at radius 3 is 2.39 bits per heavy atom. The van der Waals surface area contributed by atoms with Gasteiger partial charge in [0.05, 0.1) is 13.0 Å². The van der Waals surface area contributed by atoms with Gasteiger partial charge in [0, 0.05) is 5.56 Å². The van der Waals surface area contributed by atoms with Crippen LogP contribution in [0.1, 0.15) is 22.8 Å². The third-order valence-corrected chi connectivity index (χ3v) is 2.08. The van der Waals surface area contributed by atoms with E-state index in [-0.39, 0.29) is 6.61 Å². The lowest BCUT2D eigenvalue weighted by atomic mass is 10.1. The van der Waals surface area contributed by atoms with Gasteiger partial charge >= 0.3 is 11.9 Å². The predicted molar refractivity (Wildman–Crippen MR) is 53.6 cm³/mol. The number of carboxylic acids is 1. The van der Waals surface area contributed by atoms with E-state index >= 15 is 0 Å². The van der Waals surface area contributed by atoms with E-state index in [2.05, 4.69) is 4.74 Å². The maximum Gasteiger partial charge on any atom is 0.341 e. The van der Waals surface area contributed by atoms with Gasteiger partial charge < -0.3 is 9.84 Å². The Morgan fingerprint density at radius 1 is 1.28 bits per heavy atom. The summed E-state index contributed by atoms with van der Waals surface area (Å²) in [5.41, 5.74) is -1.84. The zero-order valence-corrected chi connectivity index (χ0v) is 9.30. The highest BCUT2D eigenvalue weighted by atomic mass is 19.2. The van der Waals surface area contributed by atoms with E-state index in [1.165, 1.54) is 6.92 Å². The number of rotatable bonds is 4. The van der Waals surface area contributed by atoms with Crippen LogP contribution in [0.15, 0.2) is 6.07 Å². The molecule has 0 fully saturated rings. The molecule has 98 valence electrons. The number of halogens is 3. The van der Waals surface area contributed by atoms with Crippen molar-refractivity contribution in [3.8, 4) is 0 Å². The Morgan fingerprint density at radius 2 is 1.89 bits per heavy atom. The smallest absolute Gasteiger partial charge is 0.341 e. The van der Waals surface area contributed by atoms with Gasteiger partial charge in [0.1, 0.15) is 11.4 Å². The highest BCUT2D eigenvalue weighted by Crippen LogP contribution is 2.21. The van der Waals surface area contributed by atoms with Crippen molar-refractivity contribution in [3.63, 3.8) is 0 Å². The second kappa shape index (κ2) is 5.52. The number of carbonyl (C=O) groups excluding carboxylic acids is 1. The van der Waals surface area contributed by atoms with Gasteiger partial charge in [-0.1, -0.05) is 0 Å². The van der Waals surface area contributed by atoms with Crippen molar-refractivity contribution in [2.24, 2.45) is 0 Å². The molecule has 0 aliphatic carbocycles. The van der Waals surface area contributed by atoms with Crippen LogP contribution in [-0.4, -0.2) is 23.7 Å². The van der Waals surface area contributed by atoms with Crippen molar-refractivity contribution >= 4 is 11.9 Å². The van der Waals surface area contributed by atoms with Crippen LogP contribution in [0, 0.1) is 17.5 Å². The van der Waals surface area contributed by atoms with E-state index in [1.54, 1.807) is 0 Å². The molecule has 0 amide bonds. The number of carboxylic acid groups (broad SMARTS) is 1. The summed E-state index contributed by atoms with van der Waals surface area (Å²) in [5.74, 6) is -7.35. The Hall–Kier alpha value is -2.05. The number of benzene rings is 1. The first kappa shape index (κ1) is 14.0. The van der Waals surface area contributed by atoms with Gasteiger partial charge in [-0.25, -0.2) is 18.0 Å². The second-order valence-corrected chi connectivity index (χ2v) is 3.30. The summed E-state index contributed by atoms with van der Waals surface area (Å²) in [5, 5.41) is 8.42. The van der Waals surface area contributed by atoms with E-state index in [4.69, 9.17) is 5.11 Å². The van der Waals surface area contributed by atoms with Crippen LogP contribution in [0.2, 0.25) is 0 Å². The molecule has 1 N–H and O–H groups in total. The Bertz CT molecular complexity index is 500. The molecule has 0 atom stereocenters. The van der Waals surface area contributed by atoms with E-state index in [1.807, 2.05) is 0 Å². The first-order valence-corrected chi connectivity index (χ1v) is 4.93. The third-order valence-electron chi connectivity index (χ3n) is 2.08. The average Bonchev–Trinajstić information content (AvgIpc) is 2.29. The molecular weight excluding hydrogens is 253 g/mol. The zero-order chi connectivity index (χ0) is 13.9. The number of hydrogen-bond donors (Lipinski definition) is 1. The van der Waals surface area contributed by atoms with E-state index in [0.717, 1.165) is 0 Å². The summed E-state index contributed by atoms with van der Waals surface area (Å²) < 4.78 is 44.6. The fourth-order valence-corrected chi connectivity index (χ4v) is 1.30. The van der Waals surface area contributed by atoms with Gasteiger partial charge in [0.15, 0.2) is 11.6 Å². The average molecular weight is 262 g/mol. The zero-order valence-electron chi connectivity index (χ0n) is 9.30. The van der Waals surface area contributed by atoms with Gasteiger partial charge in [0.25, 0.3) is 0 Å². The Labute approximate surface area is 100.0 Å². The minimum Gasteiger partial charge on any atom is -0.481 e. The standard InChI is InChI=1S/C11H9F3O4/c1-2-18-11(17)6-3-7(12)5(4-8(15)16)9(13)10(6)14/h3H,2,4H2,1H3,(H,15,16). The summed E-state index contributed by atoms with van der Waals surface area (Å²) in [6.07, 6.45) is -1.02. The van der Waals surface area contributed by atoms with Crippen LogP contribution in [0.3, 0.4) is 0 Å². The highest BCUT2D eigenvalue weighted by Gasteiger charge is 2.24. The summed E-state index contributed by atoms with van der Waals surface area (Å²) in [6.45, 7) is 1.36. The molecule has 0 saturated heterocycles. The van der Waals surface area contributed by atoms with E-state index in [9.17, 15) is 22.8 Å². The molecule has 4 nitrogen and oxygen atoms in total. The molecule has 1 rings (SSSR count). The quantitative estimate of drug-likeness (QED) is 0.665. The fraction of sp³-hybridized carbons (Fsp3) is 0.273. The van der Waals surface area contributed by atoms with Crippen LogP contribution in [0.4, 0.5) is 13.2 Å². The molecule has 1 aromatic carbocycles. The van der Waals surface area contributed by atoms with Crippen molar-refractivity contribution in [3.05, 3.63) is 34.6 Å². The number of aliphatic carboxylic acids is 1. The number of esters is 1. The molecule has 0 unspecified atom stereocenters. The van der Waals surface area contributed by atoms with Crippen molar-refractivity contribution in [1.82, 2.24) is 0 Å². The Kier molecular flexibility index (Phi) is 4.30. The van der Waals surface area contributed by atoms with Crippen LogP contribution in [0.5, 0.6) is 0 Å². The molecule has 7 heteroatoms. The van der Waals surface area contributed by atoms with Crippen LogP contribution in [0.25, 0.3) is 0 Å². The SMILES string of the molecule is CCOC(=O)c1cc(F)c(CC(=O)O)c(F)c1F. The van der Waals surface area contributed by atoms with Crippen molar-refractivity contribution < 1.29 is 32.6 Å². The predicted octanol–water partition coefficient (Wildman–Crippen LogP) is 1.91. The van der Waals surface area contributed by atoms with Gasteiger partial charge in [-0.2, -0.15) is 0 Å². The van der Waals surface area contributed by atoms with Crippen LogP contribution < -0.4 is 0 Å². The topological polar surface area (TPSA) is 63.6 Å². The molecule has 1 aromatic rings. The molecular formula is C11H9F3O4. The van der Waals surface area contributed by atoms with Crippen molar-refractivity contribution in [2.45, 2.75) is 13.3 Å². The summed E-state index contributed by atoms with van der Waals surface area (Å²) in [7, 11) is 0. The Balaban J connectivity index is 3.28. The van der Waals surface area contributed by atoms with E-state index in [0.29, 0.717) is 6.07 Å². The summed E-state index contributed by atoms with van der Waals surface area (Å²) in [4.78, 5) is 21.5. The van der Waals surface area contributed by atoms with Gasteiger partial charge in [-0.05, 0) is 13.0 Å². The minimum atomic E-state index is -1.69. The first-order valence-electron chi connectivity index (χ1n) is 4.93. The molecule has 0 aromatic heterocycles. The van der Waals surface area contributed by atoms with Crippen LogP contribution >= 0.6 is 0 Å². The highest BCUT2D eigenvalue weighted by molar-refractivity contribution is 5.90. The first-order chi connectivity index (χ1) is 8.38. The minimum absolute atomic E-state index is 0.0849. The summed E-state index contributed by atoms with van der Waals surface area (Å²) in [6, 6.07) is 0.425. The molecule has 0 aliphatic rings. The summed E-state index contributed by atoms with van der Waals surface area (Å²) >= 11 is 0. The lowest BCUT2D eigenvalue weighted by molar-refractivity contribution is -0.136. The van der Waals surface area contributed by atoms with Gasteiger partial charge in [-0.3, -0.25) is 4.79 Å². The molecule has 0 aliphatic heterocycles. The van der Waals surface area contributed by atoms with Crippen LogP contribution in [-0.2, 0) is 16.0 Å². The van der Waals surface area contributed by atoms with E-state index < -0.39 is 46.9 Å². The second-order valence-electron chi connectivity index (χ2n) is 3.30. The normalized spacial score (nSPS) is 10.2. The fourth-order valence-electron chi connectivity index (χ4n) is 1.30. The monoisotopic (exact) mass is 262 g/mol. The molecule has 0 heterocycles. The molecule has 0 saturated carbocycles. The number of carbonyl (C=O) groups is 2. The lowest BCUT2D eigenvalue weighted by Crippen LogP contribution is -2.13. The molecule has 0 radical (unpaired) electrons. The molecule has 18 heavy (non-hydrogen) atoms. The maximum atomic E-state index is 13.4. The van der Waals surface area contributed by atoms with Gasteiger partial charge in [-0.15, -0.1) is 0 Å². The van der Waals surface area contributed by atoms with Gasteiger partial charge in [0.2, 0.25) is 0 Å². The van der Waals surface area contributed by atoms with Crippen molar-refractivity contribution in [1.29, 1.82) is 0 Å². The molecule has 0 bridgehead atoms. The third kappa shape index (κ3) is 2.79. The lowest BCUT2D eigenvalue weighted by Gasteiger charge is -2.08. The largest absolute Gasteiger partial charge is 0.481 e. The number of hydrogen-bond acceptors (Lipinski definition) is 3. The maximum absolute atomic E-state index is 13.4.